The van der Waals surface area contributed by atoms with E-state index in [1.165, 1.54) is 12.8 Å². The summed E-state index contributed by atoms with van der Waals surface area (Å²) >= 11 is 0. The molecule has 1 amide bonds. The Bertz CT molecular complexity index is 230. The summed E-state index contributed by atoms with van der Waals surface area (Å²) in [5.74, 6) is 1.79. The highest BCUT2D eigenvalue weighted by atomic mass is 16.1. The second-order valence-electron chi connectivity index (χ2n) is 5.49. The van der Waals surface area contributed by atoms with Crippen molar-refractivity contribution in [3.05, 3.63) is 0 Å². The summed E-state index contributed by atoms with van der Waals surface area (Å²) in [5.41, 5.74) is 5.52. The molecule has 3 nitrogen and oxygen atoms in total. The van der Waals surface area contributed by atoms with E-state index < -0.39 is 0 Å². The van der Waals surface area contributed by atoms with Crippen molar-refractivity contribution >= 4 is 5.91 Å². The monoisotopic (exact) mass is 226 g/mol. The zero-order chi connectivity index (χ0) is 12.1. The lowest BCUT2D eigenvalue weighted by molar-refractivity contribution is -0.123. The van der Waals surface area contributed by atoms with Crippen molar-refractivity contribution in [1.82, 2.24) is 5.32 Å². The van der Waals surface area contributed by atoms with Gasteiger partial charge in [0.05, 0.1) is 0 Å². The maximum atomic E-state index is 11.8. The highest BCUT2D eigenvalue weighted by molar-refractivity contribution is 5.76. The molecule has 3 N–H and O–H groups in total. The van der Waals surface area contributed by atoms with Gasteiger partial charge in [-0.25, -0.2) is 0 Å². The van der Waals surface area contributed by atoms with E-state index in [0.29, 0.717) is 24.9 Å². The lowest BCUT2D eigenvalue weighted by atomic mass is 9.78. The molecule has 0 radical (unpaired) electrons. The molecule has 16 heavy (non-hydrogen) atoms. The maximum absolute atomic E-state index is 11.8. The maximum Gasteiger partial charge on any atom is 0.220 e. The van der Waals surface area contributed by atoms with Crippen LogP contribution in [0.4, 0.5) is 0 Å². The van der Waals surface area contributed by atoms with Crippen LogP contribution in [-0.4, -0.2) is 18.5 Å². The lowest BCUT2D eigenvalue weighted by Crippen LogP contribution is -2.44. The third-order valence-corrected chi connectivity index (χ3v) is 3.99. The van der Waals surface area contributed by atoms with Gasteiger partial charge < -0.3 is 11.1 Å². The molecule has 1 aliphatic carbocycles. The Morgan fingerprint density at radius 2 is 2.12 bits per heavy atom. The molecule has 4 unspecified atom stereocenters. The summed E-state index contributed by atoms with van der Waals surface area (Å²) in [6.07, 6.45) is 4.23. The fourth-order valence-electron chi connectivity index (χ4n) is 2.45. The van der Waals surface area contributed by atoms with Gasteiger partial charge in [0.25, 0.3) is 0 Å². The smallest absolute Gasteiger partial charge is 0.220 e. The van der Waals surface area contributed by atoms with Crippen molar-refractivity contribution in [2.75, 3.05) is 6.54 Å². The molecule has 0 bridgehead atoms. The van der Waals surface area contributed by atoms with Gasteiger partial charge in [-0.15, -0.1) is 0 Å². The van der Waals surface area contributed by atoms with Crippen LogP contribution in [0.5, 0.6) is 0 Å². The van der Waals surface area contributed by atoms with Crippen molar-refractivity contribution < 1.29 is 4.79 Å². The summed E-state index contributed by atoms with van der Waals surface area (Å²) in [6.45, 7) is 7.14. The van der Waals surface area contributed by atoms with Crippen LogP contribution in [0.25, 0.3) is 0 Å². The predicted molar refractivity (Wildman–Crippen MR) is 66.9 cm³/mol. The molecule has 1 fully saturated rings. The van der Waals surface area contributed by atoms with Crippen molar-refractivity contribution in [2.24, 2.45) is 23.5 Å². The Morgan fingerprint density at radius 1 is 1.44 bits per heavy atom. The molecule has 0 heterocycles. The summed E-state index contributed by atoms with van der Waals surface area (Å²) in [4.78, 5) is 11.8. The summed E-state index contributed by atoms with van der Waals surface area (Å²) < 4.78 is 0. The van der Waals surface area contributed by atoms with Crippen LogP contribution in [0.1, 0.15) is 46.5 Å². The Kier molecular flexibility index (Phi) is 5.26. The molecular formula is C13H26N2O. The quantitative estimate of drug-likeness (QED) is 0.769. The average molecular weight is 226 g/mol. The van der Waals surface area contributed by atoms with Gasteiger partial charge in [0, 0.05) is 12.5 Å². The molecule has 0 aromatic carbocycles. The van der Waals surface area contributed by atoms with Gasteiger partial charge in [0.1, 0.15) is 0 Å². The van der Waals surface area contributed by atoms with Gasteiger partial charge in [-0.1, -0.05) is 33.6 Å². The molecule has 0 aromatic rings. The first-order valence-corrected chi connectivity index (χ1v) is 6.54. The van der Waals surface area contributed by atoms with E-state index in [1.807, 2.05) is 6.92 Å². The summed E-state index contributed by atoms with van der Waals surface area (Å²) in [7, 11) is 0. The van der Waals surface area contributed by atoms with Crippen LogP contribution in [-0.2, 0) is 4.79 Å². The third-order valence-electron chi connectivity index (χ3n) is 3.99. The minimum absolute atomic E-state index is 0.170. The van der Waals surface area contributed by atoms with Crippen molar-refractivity contribution in [3.63, 3.8) is 0 Å². The van der Waals surface area contributed by atoms with Gasteiger partial charge in [-0.05, 0) is 30.7 Å². The van der Waals surface area contributed by atoms with E-state index in [-0.39, 0.29) is 11.8 Å². The van der Waals surface area contributed by atoms with Gasteiger partial charge in [-0.3, -0.25) is 4.79 Å². The van der Waals surface area contributed by atoms with Crippen LogP contribution < -0.4 is 11.1 Å². The fraction of sp³-hybridized carbons (Fsp3) is 0.923. The standard InChI is InChI=1S/C13H26N2O/c1-9(8-14)7-13(16)15-12-6-4-5-10(2)11(12)3/h9-12H,4-8,14H2,1-3H3,(H,15,16). The highest BCUT2D eigenvalue weighted by Gasteiger charge is 2.28. The van der Waals surface area contributed by atoms with Gasteiger partial charge >= 0.3 is 0 Å². The van der Waals surface area contributed by atoms with E-state index >= 15 is 0 Å². The second kappa shape index (κ2) is 6.24. The van der Waals surface area contributed by atoms with Crippen LogP contribution in [0.15, 0.2) is 0 Å². The van der Waals surface area contributed by atoms with Crippen LogP contribution in [0, 0.1) is 17.8 Å². The Balaban J connectivity index is 2.38. The Labute approximate surface area is 99.2 Å². The normalized spacial score (nSPS) is 32.1. The molecule has 0 spiro atoms. The molecular weight excluding hydrogens is 200 g/mol. The highest BCUT2D eigenvalue weighted by Crippen LogP contribution is 2.29. The fourth-order valence-corrected chi connectivity index (χ4v) is 2.45. The molecule has 3 heteroatoms. The number of carbonyl (C=O) groups excluding carboxylic acids is 1. The summed E-state index contributed by atoms with van der Waals surface area (Å²) in [5, 5.41) is 3.17. The predicted octanol–water partition coefficient (Wildman–Crippen LogP) is 1.91. The van der Waals surface area contributed by atoms with Crippen LogP contribution in [0.2, 0.25) is 0 Å². The van der Waals surface area contributed by atoms with E-state index in [0.717, 1.165) is 12.3 Å². The minimum Gasteiger partial charge on any atom is -0.353 e. The van der Waals surface area contributed by atoms with E-state index in [9.17, 15) is 4.79 Å². The first kappa shape index (κ1) is 13.5. The van der Waals surface area contributed by atoms with Crippen molar-refractivity contribution in [2.45, 2.75) is 52.5 Å². The topological polar surface area (TPSA) is 55.1 Å². The molecule has 0 aliphatic heterocycles. The molecule has 1 aliphatic rings. The molecule has 0 aromatic heterocycles. The zero-order valence-electron chi connectivity index (χ0n) is 10.8. The molecule has 1 saturated carbocycles. The number of carbonyl (C=O) groups is 1. The molecule has 0 saturated heterocycles. The van der Waals surface area contributed by atoms with Crippen LogP contribution in [0.3, 0.4) is 0 Å². The first-order valence-electron chi connectivity index (χ1n) is 6.54. The van der Waals surface area contributed by atoms with Crippen molar-refractivity contribution in [3.8, 4) is 0 Å². The molecule has 1 rings (SSSR count). The van der Waals surface area contributed by atoms with E-state index in [1.54, 1.807) is 0 Å². The molecule has 94 valence electrons. The van der Waals surface area contributed by atoms with Crippen LogP contribution >= 0.6 is 0 Å². The molecule has 4 atom stereocenters. The Hall–Kier alpha value is -0.570. The van der Waals surface area contributed by atoms with E-state index in [4.69, 9.17) is 5.73 Å². The van der Waals surface area contributed by atoms with Gasteiger partial charge in [0.2, 0.25) is 5.91 Å². The minimum atomic E-state index is 0.170. The van der Waals surface area contributed by atoms with Gasteiger partial charge in [0.15, 0.2) is 0 Å². The second-order valence-corrected chi connectivity index (χ2v) is 5.49. The average Bonchev–Trinajstić information content (AvgIpc) is 2.24. The SMILES string of the molecule is CC(CN)CC(=O)NC1CCCC(C)C1C. The van der Waals surface area contributed by atoms with Gasteiger partial charge in [-0.2, -0.15) is 0 Å². The number of nitrogens with one attached hydrogen (secondary N) is 1. The number of rotatable bonds is 4. The number of amides is 1. The lowest BCUT2D eigenvalue weighted by Gasteiger charge is -2.34. The number of hydrogen-bond acceptors (Lipinski definition) is 2. The first-order chi connectivity index (χ1) is 7.54. The largest absolute Gasteiger partial charge is 0.353 e. The van der Waals surface area contributed by atoms with E-state index in [2.05, 4.69) is 19.2 Å². The third kappa shape index (κ3) is 3.78. The number of nitrogens with two attached hydrogens (primary N) is 1. The Morgan fingerprint density at radius 3 is 2.75 bits per heavy atom. The zero-order valence-corrected chi connectivity index (χ0v) is 10.8. The number of hydrogen-bond donors (Lipinski definition) is 2. The summed E-state index contributed by atoms with van der Waals surface area (Å²) in [6, 6.07) is 0.376. The van der Waals surface area contributed by atoms with Crippen molar-refractivity contribution in [1.29, 1.82) is 0 Å².